The van der Waals surface area contributed by atoms with E-state index in [9.17, 15) is 23.1 Å². The number of methoxy groups -OCH3 is 1. The summed E-state index contributed by atoms with van der Waals surface area (Å²) in [5.41, 5.74) is 0.154. The molecule has 0 heterocycles. The molecule has 0 aliphatic heterocycles. The number of likely N-dealkylation sites (N-methyl/N-ethyl adjacent to an activating group) is 1. The van der Waals surface area contributed by atoms with Crippen molar-refractivity contribution in [3.05, 3.63) is 71.8 Å². The van der Waals surface area contributed by atoms with Gasteiger partial charge in [-0.15, -0.1) is 0 Å². The molecule has 0 saturated carbocycles. The average molecular weight is 564 g/mol. The summed E-state index contributed by atoms with van der Waals surface area (Å²) in [7, 11) is -1.73. The molecule has 1 amide bonds. The standard InChI is InChI=1S/C28H41N3O7S/c1-21(2)18-31(39(35,36)30(5)28(3,4)26(33)37-6)19-25(32)24(17-22-13-9-7-10-14-22)29-27(34)38-20-23-15-11-8-12-16-23/h7-16,21,24-25,32H,17-20H2,1-6H3,(H,29,34). The Morgan fingerprint density at radius 1 is 0.974 bits per heavy atom. The van der Waals surface area contributed by atoms with Crippen LogP contribution < -0.4 is 5.32 Å². The molecule has 11 heteroatoms. The van der Waals surface area contributed by atoms with Crippen LogP contribution in [0.5, 0.6) is 0 Å². The van der Waals surface area contributed by atoms with Crippen LogP contribution in [0.15, 0.2) is 60.7 Å². The first kappa shape index (κ1) is 32.2. The molecule has 0 bridgehead atoms. The molecule has 39 heavy (non-hydrogen) atoms. The van der Waals surface area contributed by atoms with E-state index in [2.05, 4.69) is 5.32 Å². The van der Waals surface area contributed by atoms with Crippen LogP contribution in [-0.2, 0) is 37.5 Å². The summed E-state index contributed by atoms with van der Waals surface area (Å²) in [4.78, 5) is 25.0. The van der Waals surface area contributed by atoms with Gasteiger partial charge in [-0.3, -0.25) is 4.79 Å². The number of benzene rings is 2. The second-order valence-corrected chi connectivity index (χ2v) is 12.3. The van der Waals surface area contributed by atoms with Crippen molar-refractivity contribution in [1.29, 1.82) is 0 Å². The Morgan fingerprint density at radius 3 is 2.03 bits per heavy atom. The summed E-state index contributed by atoms with van der Waals surface area (Å²) in [5, 5.41) is 14.0. The van der Waals surface area contributed by atoms with Gasteiger partial charge >= 0.3 is 12.1 Å². The molecule has 2 unspecified atom stereocenters. The maximum atomic E-state index is 13.7. The highest BCUT2D eigenvalue weighted by atomic mass is 32.2. The lowest BCUT2D eigenvalue weighted by molar-refractivity contribution is -0.149. The molecule has 2 atom stereocenters. The summed E-state index contributed by atoms with van der Waals surface area (Å²) >= 11 is 0. The average Bonchev–Trinajstić information content (AvgIpc) is 2.91. The Hall–Kier alpha value is -2.99. The number of aliphatic hydroxyl groups excluding tert-OH is 1. The monoisotopic (exact) mass is 563 g/mol. The first-order valence-electron chi connectivity index (χ1n) is 12.8. The number of nitrogens with zero attached hydrogens (tertiary/aromatic N) is 2. The molecule has 0 aliphatic rings. The molecule has 0 spiro atoms. The zero-order valence-corrected chi connectivity index (χ0v) is 24.3. The number of carbonyl (C=O) groups is 2. The van der Waals surface area contributed by atoms with Crippen LogP contribution in [0, 0.1) is 5.92 Å². The van der Waals surface area contributed by atoms with Crippen molar-refractivity contribution in [2.45, 2.75) is 58.4 Å². The number of hydrogen-bond donors (Lipinski definition) is 2. The molecule has 0 radical (unpaired) electrons. The van der Waals surface area contributed by atoms with E-state index in [0.29, 0.717) is 0 Å². The fourth-order valence-electron chi connectivity index (χ4n) is 3.91. The highest BCUT2D eigenvalue weighted by Gasteiger charge is 2.43. The molecule has 0 fully saturated rings. The van der Waals surface area contributed by atoms with Crippen LogP contribution in [0.25, 0.3) is 0 Å². The predicted octanol–water partition coefficient (Wildman–Crippen LogP) is 2.97. The number of alkyl carbamates (subject to hydrolysis) is 1. The quantitative estimate of drug-likeness (QED) is 0.339. The van der Waals surface area contributed by atoms with E-state index < -0.39 is 40.0 Å². The Labute approximate surface area is 232 Å². The molecule has 2 aromatic carbocycles. The van der Waals surface area contributed by atoms with E-state index in [1.54, 1.807) is 0 Å². The fourth-order valence-corrected chi connectivity index (χ4v) is 5.74. The van der Waals surface area contributed by atoms with E-state index in [1.165, 1.54) is 28.0 Å². The minimum absolute atomic E-state index is 0.0437. The van der Waals surface area contributed by atoms with Gasteiger partial charge in [-0.25, -0.2) is 4.79 Å². The number of ether oxygens (including phenoxy) is 2. The molecule has 2 rings (SSSR count). The van der Waals surface area contributed by atoms with Crippen molar-refractivity contribution in [3.8, 4) is 0 Å². The van der Waals surface area contributed by atoms with Crippen molar-refractivity contribution < 1.29 is 32.6 Å². The van der Waals surface area contributed by atoms with Gasteiger partial charge in [0.15, 0.2) is 0 Å². The van der Waals surface area contributed by atoms with Gasteiger partial charge in [0.05, 0.1) is 19.3 Å². The Morgan fingerprint density at radius 2 is 1.51 bits per heavy atom. The van der Waals surface area contributed by atoms with E-state index in [-0.39, 0.29) is 32.0 Å². The summed E-state index contributed by atoms with van der Waals surface area (Å²) in [6.07, 6.45) is -1.79. The third kappa shape index (κ3) is 9.31. The summed E-state index contributed by atoms with van der Waals surface area (Å²) in [5.74, 6) is -0.804. The highest BCUT2D eigenvalue weighted by Crippen LogP contribution is 2.23. The van der Waals surface area contributed by atoms with Crippen molar-refractivity contribution in [2.75, 3.05) is 27.2 Å². The number of aliphatic hydroxyl groups is 1. The van der Waals surface area contributed by atoms with Crippen LogP contribution >= 0.6 is 0 Å². The second kappa shape index (κ2) is 14.4. The van der Waals surface area contributed by atoms with Gasteiger partial charge in [0.25, 0.3) is 10.2 Å². The van der Waals surface area contributed by atoms with E-state index in [1.807, 2.05) is 74.5 Å². The normalized spacial score (nSPS) is 13.8. The lowest BCUT2D eigenvalue weighted by Crippen LogP contribution is -2.58. The van der Waals surface area contributed by atoms with Gasteiger partial charge in [-0.1, -0.05) is 74.5 Å². The molecule has 0 aromatic heterocycles. The van der Waals surface area contributed by atoms with Gasteiger partial charge < -0.3 is 19.9 Å². The molecule has 216 valence electrons. The van der Waals surface area contributed by atoms with Crippen LogP contribution in [0.2, 0.25) is 0 Å². The fraction of sp³-hybridized carbons (Fsp3) is 0.500. The molecular formula is C28H41N3O7S. The third-order valence-corrected chi connectivity index (χ3v) is 8.48. The Bertz CT molecular complexity index is 1160. The maximum absolute atomic E-state index is 13.7. The number of esters is 1. The minimum Gasteiger partial charge on any atom is -0.468 e. The number of carbonyl (C=O) groups excluding carboxylic acids is 2. The number of amides is 1. The molecule has 0 saturated heterocycles. The second-order valence-electron chi connectivity index (χ2n) is 10.3. The van der Waals surface area contributed by atoms with Gasteiger partial charge in [0, 0.05) is 20.1 Å². The lowest BCUT2D eigenvalue weighted by atomic mass is 10.0. The smallest absolute Gasteiger partial charge is 0.407 e. The van der Waals surface area contributed by atoms with Crippen LogP contribution in [0.3, 0.4) is 0 Å². The number of hydrogen-bond acceptors (Lipinski definition) is 7. The van der Waals surface area contributed by atoms with E-state index in [0.717, 1.165) is 19.7 Å². The summed E-state index contributed by atoms with van der Waals surface area (Å²) in [6.45, 7) is 6.39. The van der Waals surface area contributed by atoms with Gasteiger partial charge in [-0.2, -0.15) is 17.0 Å². The largest absolute Gasteiger partial charge is 0.468 e. The number of rotatable bonds is 14. The summed E-state index contributed by atoms with van der Waals surface area (Å²) < 4.78 is 39.5. The predicted molar refractivity (Wildman–Crippen MR) is 149 cm³/mol. The topological polar surface area (TPSA) is 125 Å². The van der Waals surface area contributed by atoms with Gasteiger partial charge in [-0.05, 0) is 37.3 Å². The third-order valence-electron chi connectivity index (χ3n) is 6.38. The van der Waals surface area contributed by atoms with Crippen molar-refractivity contribution in [3.63, 3.8) is 0 Å². The summed E-state index contributed by atoms with van der Waals surface area (Å²) in [6, 6.07) is 17.6. The van der Waals surface area contributed by atoms with Crippen LogP contribution in [-0.4, -0.2) is 79.1 Å². The first-order valence-corrected chi connectivity index (χ1v) is 14.2. The lowest BCUT2D eigenvalue weighted by Gasteiger charge is -2.37. The van der Waals surface area contributed by atoms with E-state index in [4.69, 9.17) is 9.47 Å². The minimum atomic E-state index is -4.22. The molecule has 10 nitrogen and oxygen atoms in total. The SMILES string of the molecule is COC(=O)C(C)(C)N(C)S(=O)(=O)N(CC(C)C)CC(O)C(Cc1ccccc1)NC(=O)OCc1ccccc1. The highest BCUT2D eigenvalue weighted by molar-refractivity contribution is 7.86. The van der Waals surface area contributed by atoms with E-state index >= 15 is 0 Å². The Balaban J connectivity index is 2.28. The van der Waals surface area contributed by atoms with Crippen molar-refractivity contribution in [2.24, 2.45) is 5.92 Å². The molecule has 0 aliphatic carbocycles. The molecule has 2 N–H and O–H groups in total. The maximum Gasteiger partial charge on any atom is 0.407 e. The van der Waals surface area contributed by atoms with Crippen molar-refractivity contribution >= 4 is 22.3 Å². The molecule has 2 aromatic rings. The Kier molecular flexibility index (Phi) is 11.9. The first-order chi connectivity index (χ1) is 18.3. The van der Waals surface area contributed by atoms with Crippen LogP contribution in [0.1, 0.15) is 38.8 Å². The number of nitrogens with one attached hydrogen (secondary N) is 1. The molecular weight excluding hydrogens is 522 g/mol. The van der Waals surface area contributed by atoms with Gasteiger partial charge in [0.2, 0.25) is 0 Å². The van der Waals surface area contributed by atoms with Crippen LogP contribution in [0.4, 0.5) is 4.79 Å². The van der Waals surface area contributed by atoms with Gasteiger partial charge in [0.1, 0.15) is 12.1 Å². The zero-order chi connectivity index (χ0) is 29.2. The zero-order valence-electron chi connectivity index (χ0n) is 23.5. The van der Waals surface area contributed by atoms with Crippen molar-refractivity contribution in [1.82, 2.24) is 13.9 Å².